The summed E-state index contributed by atoms with van der Waals surface area (Å²) in [6.07, 6.45) is -31.5. The Balaban J connectivity index is 1.75. The molecule has 4 aliphatic heterocycles. The standard InChI is InChI=1S/C38H62N4O25/c1-11(33(54)55)59-31-23(41-15(5)49)35(58)61-19(9-45)29(31)66-37-22(40-14(4)48)27(53)28(18(8-44)63-37)65-38-24(42-16(6)50)32(60-12(2)34(56)57)30(20(10-46)64-38)67-36-21(39-13(3)47)26(52)25(51)17(7-43)62-36/h11-12,17-32,35-38,43-46,51-53,58H,7-10H2,1-6H3,(H,39,47)(H,40,48)(H,41,49)(H,42,50)(H,54,55)(H,56,57)/t11-,12-,17-,18-,19-,20-,21-,22-,23-,24-,25-,26-,27-,28-,29-,30-,31-,32-,35-,36+,37+,38+/m1/s1. The van der Waals surface area contributed by atoms with E-state index in [1.807, 2.05) is 0 Å². The molecule has 4 aliphatic rings. The highest BCUT2D eigenvalue weighted by Gasteiger charge is 2.57. The molecule has 0 bridgehead atoms. The van der Waals surface area contributed by atoms with Gasteiger partial charge in [-0.2, -0.15) is 0 Å². The minimum Gasteiger partial charge on any atom is -0.479 e. The molecule has 0 aromatic heterocycles. The van der Waals surface area contributed by atoms with E-state index in [0.29, 0.717) is 0 Å². The zero-order valence-electron chi connectivity index (χ0n) is 37.1. The van der Waals surface area contributed by atoms with Crippen molar-refractivity contribution in [2.75, 3.05) is 26.4 Å². The molecule has 4 fully saturated rings. The summed E-state index contributed by atoms with van der Waals surface area (Å²) in [5, 5.41) is 115. The number of carbonyl (C=O) groups is 6. The van der Waals surface area contributed by atoms with E-state index in [1.54, 1.807) is 0 Å². The first kappa shape index (κ1) is 55.7. The third-order valence-electron chi connectivity index (χ3n) is 11.2. The van der Waals surface area contributed by atoms with Gasteiger partial charge in [-0.15, -0.1) is 0 Å². The predicted molar refractivity (Wildman–Crippen MR) is 212 cm³/mol. The Labute approximate surface area is 381 Å². The maximum Gasteiger partial charge on any atom is 0.332 e. The van der Waals surface area contributed by atoms with Crippen LogP contribution in [0.5, 0.6) is 0 Å². The lowest BCUT2D eigenvalue weighted by molar-refractivity contribution is -0.366. The third-order valence-corrected chi connectivity index (χ3v) is 11.2. The van der Waals surface area contributed by atoms with Crippen molar-refractivity contribution in [3.63, 3.8) is 0 Å². The van der Waals surface area contributed by atoms with Gasteiger partial charge >= 0.3 is 11.9 Å². The Kier molecular flexibility index (Phi) is 20.5. The summed E-state index contributed by atoms with van der Waals surface area (Å²) >= 11 is 0. The van der Waals surface area contributed by atoms with Crippen LogP contribution < -0.4 is 21.3 Å². The molecule has 4 saturated heterocycles. The number of aliphatic hydroxyl groups excluding tert-OH is 8. The van der Waals surface area contributed by atoms with Crippen LogP contribution in [0.1, 0.15) is 41.5 Å². The van der Waals surface area contributed by atoms with Gasteiger partial charge in [0.1, 0.15) is 97.4 Å². The van der Waals surface area contributed by atoms with Gasteiger partial charge in [-0.05, 0) is 13.8 Å². The second kappa shape index (κ2) is 24.6. The van der Waals surface area contributed by atoms with E-state index in [2.05, 4.69) is 21.3 Å². The van der Waals surface area contributed by atoms with Crippen molar-refractivity contribution in [1.29, 1.82) is 0 Å². The molecule has 0 aromatic rings. The van der Waals surface area contributed by atoms with E-state index < -0.39 is 197 Å². The summed E-state index contributed by atoms with van der Waals surface area (Å²) < 4.78 is 53.4. The van der Waals surface area contributed by atoms with Gasteiger partial charge in [-0.1, -0.05) is 0 Å². The Bertz CT molecular complexity index is 1700. The summed E-state index contributed by atoms with van der Waals surface area (Å²) in [6.45, 7) is 2.61. The van der Waals surface area contributed by atoms with Gasteiger partial charge in [0.05, 0.1) is 26.4 Å². The lowest BCUT2D eigenvalue weighted by Crippen LogP contribution is -2.72. The van der Waals surface area contributed by atoms with E-state index in [4.69, 9.17) is 42.6 Å². The van der Waals surface area contributed by atoms with Crippen molar-refractivity contribution in [3.05, 3.63) is 0 Å². The van der Waals surface area contributed by atoms with Gasteiger partial charge in [0.2, 0.25) is 23.6 Å². The van der Waals surface area contributed by atoms with E-state index in [9.17, 15) is 79.8 Å². The fourth-order valence-electron chi connectivity index (χ4n) is 8.04. The number of aliphatic hydroxyl groups is 8. The molecule has 0 aromatic carbocycles. The number of carboxylic acid groups (broad SMARTS) is 2. The SMILES string of the molecule is CC(=O)N[C@@H]1[C@@H](O[C@H](C)C(=O)O)[C@H](O[C@@H]2O[C@H](CO)[C@@H](O[C@@H]3O[C@H](CO)[C@@H](O[C@@H]4O[C@H](CO)[C@@H](O)[C@H](O)[C@H]4NC(C)=O)[C@H](O[C@H](C)C(=O)O)[C@H]3NC(C)=O)[C@H](O)[C@H]2NC(C)=O)[C@@H](CO)O[C@H]1O. The van der Waals surface area contributed by atoms with E-state index >= 15 is 0 Å². The first-order chi connectivity index (χ1) is 31.5. The number of hydrogen-bond acceptors (Lipinski definition) is 23. The maximum atomic E-state index is 12.8. The van der Waals surface area contributed by atoms with Crippen LogP contribution in [-0.4, -0.2) is 248 Å². The van der Waals surface area contributed by atoms with Crippen LogP contribution in [0.15, 0.2) is 0 Å². The second-order valence-corrected chi connectivity index (χ2v) is 16.3. The summed E-state index contributed by atoms with van der Waals surface area (Å²) in [4.78, 5) is 73.9. The van der Waals surface area contributed by atoms with Gasteiger partial charge < -0.3 is 115 Å². The van der Waals surface area contributed by atoms with Gasteiger partial charge in [0.15, 0.2) is 37.4 Å². The lowest BCUT2D eigenvalue weighted by Gasteiger charge is -2.52. The largest absolute Gasteiger partial charge is 0.479 e. The Morgan fingerprint density at radius 1 is 0.448 bits per heavy atom. The lowest BCUT2D eigenvalue weighted by atomic mass is 9.93. The molecule has 4 amide bonds. The third kappa shape index (κ3) is 13.7. The highest BCUT2D eigenvalue weighted by molar-refractivity contribution is 5.75. The van der Waals surface area contributed by atoms with Crippen LogP contribution >= 0.6 is 0 Å². The minimum atomic E-state index is -2.02. The first-order valence-corrected chi connectivity index (χ1v) is 21.1. The molecule has 4 heterocycles. The molecule has 22 atom stereocenters. The highest BCUT2D eigenvalue weighted by Crippen LogP contribution is 2.36. The van der Waals surface area contributed by atoms with Crippen LogP contribution in [-0.2, 0) is 71.4 Å². The summed E-state index contributed by atoms with van der Waals surface area (Å²) in [5.74, 6) is -6.13. The summed E-state index contributed by atoms with van der Waals surface area (Å²) in [6, 6.07) is -6.54. The number of hydrogen-bond donors (Lipinski definition) is 14. The fraction of sp³-hybridized carbons (Fsp3) is 0.842. The number of carboxylic acids is 2. The molecule has 14 N–H and O–H groups in total. The van der Waals surface area contributed by atoms with Crippen molar-refractivity contribution in [1.82, 2.24) is 21.3 Å². The van der Waals surface area contributed by atoms with Crippen LogP contribution in [0.3, 0.4) is 0 Å². The number of carbonyl (C=O) groups excluding carboxylic acids is 4. The van der Waals surface area contributed by atoms with Crippen molar-refractivity contribution >= 4 is 35.6 Å². The number of aliphatic carboxylic acids is 2. The molecule has 4 rings (SSSR count). The molecule has 0 radical (unpaired) electrons. The minimum absolute atomic E-state index is 0.731. The number of ether oxygens (including phenoxy) is 9. The van der Waals surface area contributed by atoms with Crippen LogP contribution in [0.2, 0.25) is 0 Å². The fourth-order valence-corrected chi connectivity index (χ4v) is 8.04. The summed E-state index contributed by atoms with van der Waals surface area (Å²) in [7, 11) is 0. The molecule has 29 nitrogen and oxygen atoms in total. The molecule has 384 valence electrons. The van der Waals surface area contributed by atoms with E-state index in [-0.39, 0.29) is 0 Å². The van der Waals surface area contributed by atoms with E-state index in [1.165, 1.54) is 0 Å². The van der Waals surface area contributed by atoms with Crippen molar-refractivity contribution in [2.45, 2.75) is 176 Å². The van der Waals surface area contributed by atoms with Gasteiger partial charge in [-0.3, -0.25) is 19.2 Å². The molecule has 67 heavy (non-hydrogen) atoms. The molecular weight excluding hydrogens is 912 g/mol. The normalized spacial score (nSPS) is 39.9. The zero-order valence-corrected chi connectivity index (χ0v) is 37.1. The molecule has 29 heteroatoms. The van der Waals surface area contributed by atoms with E-state index in [0.717, 1.165) is 41.5 Å². The maximum absolute atomic E-state index is 12.8. The second-order valence-electron chi connectivity index (χ2n) is 16.3. The van der Waals surface area contributed by atoms with Crippen LogP contribution in [0.25, 0.3) is 0 Å². The van der Waals surface area contributed by atoms with Gasteiger partial charge in [0.25, 0.3) is 0 Å². The smallest absolute Gasteiger partial charge is 0.332 e. The average molecular weight is 975 g/mol. The first-order valence-electron chi connectivity index (χ1n) is 21.1. The zero-order chi connectivity index (χ0) is 50.2. The van der Waals surface area contributed by atoms with Gasteiger partial charge in [-0.25, -0.2) is 9.59 Å². The monoisotopic (exact) mass is 974 g/mol. The predicted octanol–water partition coefficient (Wildman–Crippen LogP) is -8.18. The summed E-state index contributed by atoms with van der Waals surface area (Å²) in [5.41, 5.74) is 0. The van der Waals surface area contributed by atoms with Crippen LogP contribution in [0.4, 0.5) is 0 Å². The topological polar surface area (TPSA) is 436 Å². The quantitative estimate of drug-likeness (QED) is 0.0539. The Morgan fingerprint density at radius 2 is 0.776 bits per heavy atom. The molecule has 0 unspecified atom stereocenters. The highest BCUT2D eigenvalue weighted by atomic mass is 16.8. The average Bonchev–Trinajstić information content (AvgIpc) is 3.25. The van der Waals surface area contributed by atoms with Crippen molar-refractivity contribution < 1.29 is 122 Å². The van der Waals surface area contributed by atoms with Crippen LogP contribution in [0, 0.1) is 0 Å². The molecular formula is C38H62N4O25. The Morgan fingerprint density at radius 3 is 1.19 bits per heavy atom. The Hall–Kier alpha value is -3.86. The number of nitrogens with one attached hydrogen (secondary N) is 4. The molecule has 0 saturated carbocycles. The van der Waals surface area contributed by atoms with Crippen molar-refractivity contribution in [2.24, 2.45) is 0 Å². The van der Waals surface area contributed by atoms with Gasteiger partial charge in [0, 0.05) is 27.7 Å². The molecule has 0 spiro atoms. The number of rotatable bonds is 20. The van der Waals surface area contributed by atoms with Crippen molar-refractivity contribution in [3.8, 4) is 0 Å². The number of amides is 4. The molecule has 0 aliphatic carbocycles.